The summed E-state index contributed by atoms with van der Waals surface area (Å²) in [4.78, 5) is 31.8. The lowest BCUT2D eigenvalue weighted by Gasteiger charge is -2.15. The van der Waals surface area contributed by atoms with E-state index in [1.807, 2.05) is 30.5 Å². The van der Waals surface area contributed by atoms with E-state index in [1.165, 1.54) is 0 Å². The first-order valence-electron chi connectivity index (χ1n) is 10.6. The van der Waals surface area contributed by atoms with Crippen molar-refractivity contribution in [1.82, 2.24) is 20.7 Å². The van der Waals surface area contributed by atoms with E-state index in [-0.39, 0.29) is 5.76 Å². The van der Waals surface area contributed by atoms with Gasteiger partial charge in [0.2, 0.25) is 0 Å². The van der Waals surface area contributed by atoms with Crippen molar-refractivity contribution in [1.29, 1.82) is 0 Å². The van der Waals surface area contributed by atoms with E-state index in [0.717, 1.165) is 29.4 Å². The Morgan fingerprint density at radius 1 is 1.03 bits per heavy atom. The quantitative estimate of drug-likeness (QED) is 0.271. The number of furan rings is 1. The zero-order valence-corrected chi connectivity index (χ0v) is 19.7. The summed E-state index contributed by atoms with van der Waals surface area (Å²) in [6, 6.07) is 14.2. The number of pyridine rings is 1. The number of benzene rings is 1. The fraction of sp³-hybridized carbons (Fsp3) is 0.261. The fourth-order valence-electron chi connectivity index (χ4n) is 2.98. The van der Waals surface area contributed by atoms with Gasteiger partial charge in [-0.15, -0.1) is 11.8 Å². The van der Waals surface area contributed by atoms with Crippen LogP contribution in [0.2, 0.25) is 0 Å². The molecular weight excluding hydrogens is 440 g/mol. The smallest absolute Gasteiger partial charge is 0.339 e. The molecular formula is C23H28N6O3S. The third-order valence-corrected chi connectivity index (χ3v) is 5.54. The maximum atomic E-state index is 12.2. The molecule has 1 aromatic carbocycles. The Bertz CT molecular complexity index is 1070. The summed E-state index contributed by atoms with van der Waals surface area (Å²) in [5.74, 6) is 0.600. The number of carbonyl (C=O) groups is 2. The average molecular weight is 469 g/mol. The maximum Gasteiger partial charge on any atom is 0.339 e. The Hall–Kier alpha value is -3.50. The minimum atomic E-state index is -0.626. The van der Waals surface area contributed by atoms with Crippen LogP contribution >= 0.6 is 11.8 Å². The van der Waals surface area contributed by atoms with Crippen LogP contribution in [0.5, 0.6) is 0 Å². The molecule has 4 N–H and O–H groups in total. The summed E-state index contributed by atoms with van der Waals surface area (Å²) in [7, 11) is 0. The molecule has 0 aliphatic carbocycles. The Kier molecular flexibility index (Phi) is 8.73. The van der Waals surface area contributed by atoms with Gasteiger partial charge in [0.05, 0.1) is 18.4 Å². The second-order valence-electron chi connectivity index (χ2n) is 7.05. The second kappa shape index (κ2) is 11.9. The van der Waals surface area contributed by atoms with Gasteiger partial charge in [-0.25, -0.2) is 15.2 Å². The minimum Gasteiger partial charge on any atom is -0.454 e. The Balaban J connectivity index is 1.46. The summed E-state index contributed by atoms with van der Waals surface area (Å²) in [6.07, 6.45) is 3.63. The van der Waals surface area contributed by atoms with Crippen molar-refractivity contribution in [2.75, 3.05) is 30.0 Å². The highest BCUT2D eigenvalue weighted by Crippen LogP contribution is 2.22. The third kappa shape index (κ3) is 7.26. The van der Waals surface area contributed by atoms with Gasteiger partial charge in [-0.3, -0.25) is 20.4 Å². The molecule has 0 bridgehead atoms. The zero-order chi connectivity index (χ0) is 23.6. The molecule has 10 heteroatoms. The first-order valence-corrected chi connectivity index (χ1v) is 11.8. The number of nitrogens with zero attached hydrogens (tertiary/aromatic N) is 2. The Morgan fingerprint density at radius 2 is 1.85 bits per heavy atom. The maximum absolute atomic E-state index is 12.2. The largest absolute Gasteiger partial charge is 0.454 e. The number of nitrogens with one attached hydrogen (secondary N) is 4. The molecule has 0 fully saturated rings. The van der Waals surface area contributed by atoms with E-state index in [1.54, 1.807) is 42.2 Å². The van der Waals surface area contributed by atoms with Gasteiger partial charge in [0, 0.05) is 10.6 Å². The van der Waals surface area contributed by atoms with Crippen molar-refractivity contribution in [3.05, 3.63) is 66.2 Å². The van der Waals surface area contributed by atoms with E-state index in [0.29, 0.717) is 18.1 Å². The minimum absolute atomic E-state index is 0.122. The molecule has 0 radical (unpaired) electrons. The predicted octanol–water partition coefficient (Wildman–Crippen LogP) is 4.45. The molecule has 3 aromatic rings. The summed E-state index contributed by atoms with van der Waals surface area (Å²) in [5, 5.41) is 5.82. The highest BCUT2D eigenvalue weighted by atomic mass is 32.2. The number of aromatic nitrogens is 1. The number of hydrogen-bond donors (Lipinski definition) is 4. The number of anilines is 3. The van der Waals surface area contributed by atoms with E-state index in [9.17, 15) is 9.59 Å². The molecule has 0 saturated heterocycles. The highest BCUT2D eigenvalue weighted by molar-refractivity contribution is 7.98. The van der Waals surface area contributed by atoms with Gasteiger partial charge in [0.1, 0.15) is 11.6 Å². The first kappa shape index (κ1) is 24.1. The van der Waals surface area contributed by atoms with Gasteiger partial charge in [0.25, 0.3) is 0 Å². The first-order chi connectivity index (χ1) is 16.0. The highest BCUT2D eigenvalue weighted by Gasteiger charge is 2.13. The summed E-state index contributed by atoms with van der Waals surface area (Å²) < 4.78 is 5.56. The molecule has 33 heavy (non-hydrogen) atoms. The number of rotatable bonds is 9. The second-order valence-corrected chi connectivity index (χ2v) is 7.93. The van der Waals surface area contributed by atoms with Crippen LogP contribution in [-0.2, 0) is 6.54 Å². The topological polar surface area (TPSA) is 112 Å². The lowest BCUT2D eigenvalue weighted by atomic mass is 10.3. The van der Waals surface area contributed by atoms with Crippen molar-refractivity contribution < 1.29 is 14.0 Å². The summed E-state index contributed by atoms with van der Waals surface area (Å²) in [6.45, 7) is 6.51. The standard InChI is InChI=1S/C23H28N6O3S/c1-4-29(5-2)15-18-10-11-20(32-18)22(30)27-28-23(31)26-21-12-9-17(14-24-21)25-16-7-6-8-19(13-16)33-3/h6-14,25H,4-5,15H2,1-3H3,(H,27,30)(H2,24,26,28,31). The number of thioether (sulfide) groups is 1. The van der Waals surface area contributed by atoms with Gasteiger partial charge in [0.15, 0.2) is 5.76 Å². The molecule has 174 valence electrons. The van der Waals surface area contributed by atoms with Crippen molar-refractivity contribution in [2.24, 2.45) is 0 Å². The number of hydrogen-bond acceptors (Lipinski definition) is 7. The predicted molar refractivity (Wildman–Crippen MR) is 131 cm³/mol. The summed E-state index contributed by atoms with van der Waals surface area (Å²) >= 11 is 1.67. The molecule has 2 heterocycles. The van der Waals surface area contributed by atoms with Crippen LogP contribution in [0.1, 0.15) is 30.2 Å². The number of amides is 3. The molecule has 2 aromatic heterocycles. The average Bonchev–Trinajstić information content (AvgIpc) is 3.31. The molecule has 0 unspecified atom stereocenters. The molecule has 0 atom stereocenters. The van der Waals surface area contributed by atoms with Crippen molar-refractivity contribution >= 4 is 40.9 Å². The molecule has 9 nitrogen and oxygen atoms in total. The van der Waals surface area contributed by atoms with E-state index < -0.39 is 11.9 Å². The molecule has 3 amide bonds. The van der Waals surface area contributed by atoms with Crippen LogP contribution in [-0.4, -0.2) is 41.2 Å². The lowest BCUT2D eigenvalue weighted by Crippen LogP contribution is -2.43. The Morgan fingerprint density at radius 3 is 2.55 bits per heavy atom. The number of hydrazine groups is 1. The van der Waals surface area contributed by atoms with E-state index >= 15 is 0 Å². The zero-order valence-electron chi connectivity index (χ0n) is 18.8. The number of carbonyl (C=O) groups excluding carboxylic acids is 2. The molecule has 0 aliphatic rings. The van der Waals surface area contributed by atoms with Crippen molar-refractivity contribution in [3.63, 3.8) is 0 Å². The molecule has 0 spiro atoms. The van der Waals surface area contributed by atoms with Crippen molar-refractivity contribution in [2.45, 2.75) is 25.3 Å². The van der Waals surface area contributed by atoms with Crippen molar-refractivity contribution in [3.8, 4) is 0 Å². The monoisotopic (exact) mass is 468 g/mol. The fourth-order valence-corrected chi connectivity index (χ4v) is 3.44. The molecule has 3 rings (SSSR count). The Labute approximate surface area is 197 Å². The van der Waals surface area contributed by atoms with Crippen LogP contribution in [0.3, 0.4) is 0 Å². The van der Waals surface area contributed by atoms with Gasteiger partial charge < -0.3 is 9.73 Å². The van der Waals surface area contributed by atoms with E-state index in [4.69, 9.17) is 4.42 Å². The normalized spacial score (nSPS) is 10.7. The SMILES string of the molecule is CCN(CC)Cc1ccc(C(=O)NNC(=O)Nc2ccc(Nc3cccc(SC)c3)cn2)o1. The lowest BCUT2D eigenvalue weighted by molar-refractivity contribution is 0.0906. The van der Waals surface area contributed by atoms with Crippen LogP contribution in [0.4, 0.5) is 22.0 Å². The van der Waals surface area contributed by atoms with Crippen LogP contribution in [0.25, 0.3) is 0 Å². The molecule has 0 saturated carbocycles. The van der Waals surface area contributed by atoms with Gasteiger partial charge in [-0.2, -0.15) is 0 Å². The summed E-state index contributed by atoms with van der Waals surface area (Å²) in [5.41, 5.74) is 6.34. The van der Waals surface area contributed by atoms with Crippen LogP contribution in [0.15, 0.2) is 64.0 Å². The van der Waals surface area contributed by atoms with Gasteiger partial charge in [-0.1, -0.05) is 19.9 Å². The molecule has 0 aliphatic heterocycles. The van der Waals surface area contributed by atoms with Crippen LogP contribution < -0.4 is 21.5 Å². The van der Waals surface area contributed by atoms with Gasteiger partial charge >= 0.3 is 11.9 Å². The van der Waals surface area contributed by atoms with Gasteiger partial charge in [-0.05, 0) is 61.8 Å². The third-order valence-electron chi connectivity index (χ3n) is 4.81. The van der Waals surface area contributed by atoms with Crippen LogP contribution in [0, 0.1) is 0 Å². The van der Waals surface area contributed by atoms with E-state index in [2.05, 4.69) is 45.2 Å². The number of urea groups is 1.